The Hall–Kier alpha value is -1.21. The molecule has 0 bridgehead atoms. The Bertz CT molecular complexity index is 491. The number of Topliss-reactive ketones (excluding diaryl/α,β-unsaturated/α-hetero) is 1. The van der Waals surface area contributed by atoms with E-state index in [0.29, 0.717) is 0 Å². The third-order valence-electron chi connectivity index (χ3n) is 1.94. The molecule has 0 unspecified atom stereocenters. The number of ether oxygens (including phenoxy) is 2. The molecule has 0 aromatic heterocycles. The minimum atomic E-state index is -0.689. The molecule has 0 heterocycles. The van der Waals surface area contributed by atoms with Crippen molar-refractivity contribution in [2.45, 2.75) is 17.6 Å². The van der Waals surface area contributed by atoms with Gasteiger partial charge in [0, 0.05) is 13.8 Å². The standard InChI is InChI=1S/C12H10Br2O5/c1-6(15)18-8-4-3-5-9(19-7(2)16)10(8)11(17)12(13)14/h3-5,12H,1-2H3. The van der Waals surface area contributed by atoms with Crippen LogP contribution in [0.3, 0.4) is 0 Å². The molecule has 1 aromatic carbocycles. The molecule has 0 saturated carbocycles. The predicted octanol–water partition coefficient (Wildman–Crippen LogP) is 2.84. The maximum absolute atomic E-state index is 12.1. The Morgan fingerprint density at radius 3 is 1.74 bits per heavy atom. The summed E-state index contributed by atoms with van der Waals surface area (Å²) in [6.45, 7) is 2.43. The molecular weight excluding hydrogens is 384 g/mol. The molecule has 5 nitrogen and oxygen atoms in total. The number of alkyl halides is 2. The van der Waals surface area contributed by atoms with Gasteiger partial charge in [0.1, 0.15) is 20.8 Å². The fourth-order valence-corrected chi connectivity index (χ4v) is 1.80. The van der Waals surface area contributed by atoms with Crippen molar-refractivity contribution in [3.63, 3.8) is 0 Å². The maximum Gasteiger partial charge on any atom is 0.308 e. The average Bonchev–Trinajstić information content (AvgIpc) is 2.26. The fourth-order valence-electron chi connectivity index (χ4n) is 1.34. The van der Waals surface area contributed by atoms with E-state index in [0.717, 1.165) is 0 Å². The number of hydrogen-bond donors (Lipinski definition) is 0. The lowest BCUT2D eigenvalue weighted by Gasteiger charge is -2.13. The van der Waals surface area contributed by atoms with Crippen LogP contribution in [0.5, 0.6) is 11.5 Å². The zero-order chi connectivity index (χ0) is 14.6. The fraction of sp³-hybridized carbons (Fsp3) is 0.250. The lowest BCUT2D eigenvalue weighted by molar-refractivity contribution is -0.132. The molecule has 0 atom stereocenters. The Morgan fingerprint density at radius 2 is 1.42 bits per heavy atom. The van der Waals surface area contributed by atoms with Gasteiger partial charge >= 0.3 is 11.9 Å². The number of benzene rings is 1. The predicted molar refractivity (Wildman–Crippen MR) is 75.0 cm³/mol. The highest BCUT2D eigenvalue weighted by molar-refractivity contribution is 9.25. The zero-order valence-electron chi connectivity index (χ0n) is 10.1. The molecule has 0 radical (unpaired) electrons. The Labute approximate surface area is 126 Å². The second kappa shape index (κ2) is 6.81. The van der Waals surface area contributed by atoms with Gasteiger partial charge in [0.25, 0.3) is 0 Å². The van der Waals surface area contributed by atoms with Crippen molar-refractivity contribution in [1.82, 2.24) is 0 Å². The first-order valence-electron chi connectivity index (χ1n) is 5.15. The van der Waals surface area contributed by atoms with Crippen LogP contribution in [0, 0.1) is 0 Å². The lowest BCUT2D eigenvalue weighted by atomic mass is 10.1. The van der Waals surface area contributed by atoms with Crippen LogP contribution in [-0.2, 0) is 9.59 Å². The molecule has 1 aromatic rings. The summed E-state index contributed by atoms with van der Waals surface area (Å²) in [5.41, 5.74) is 0.0200. The molecule has 102 valence electrons. The first-order valence-corrected chi connectivity index (χ1v) is 6.98. The van der Waals surface area contributed by atoms with E-state index in [1.807, 2.05) is 0 Å². The SMILES string of the molecule is CC(=O)Oc1cccc(OC(C)=O)c1C(=O)C(Br)Br. The summed E-state index contributed by atoms with van der Waals surface area (Å²) < 4.78 is 9.20. The number of halogens is 2. The van der Waals surface area contributed by atoms with Gasteiger partial charge in [-0.25, -0.2) is 0 Å². The van der Waals surface area contributed by atoms with E-state index < -0.39 is 21.5 Å². The summed E-state index contributed by atoms with van der Waals surface area (Å²) in [7, 11) is 0. The Morgan fingerprint density at radius 1 is 1.00 bits per heavy atom. The van der Waals surface area contributed by atoms with Gasteiger partial charge in [-0.1, -0.05) is 37.9 Å². The van der Waals surface area contributed by atoms with Crippen LogP contribution in [0.2, 0.25) is 0 Å². The molecule has 0 amide bonds. The third kappa shape index (κ3) is 4.43. The van der Waals surface area contributed by atoms with E-state index in [1.54, 1.807) is 0 Å². The minimum Gasteiger partial charge on any atom is -0.426 e. The summed E-state index contributed by atoms with van der Waals surface area (Å²) in [4.78, 5) is 34.1. The van der Waals surface area contributed by atoms with Crippen molar-refractivity contribution < 1.29 is 23.9 Å². The summed E-state index contributed by atoms with van der Waals surface area (Å²) in [6, 6.07) is 4.42. The van der Waals surface area contributed by atoms with Crippen LogP contribution in [-0.4, -0.2) is 21.5 Å². The topological polar surface area (TPSA) is 69.7 Å². The number of carbonyl (C=O) groups is 3. The summed E-state index contributed by atoms with van der Waals surface area (Å²) in [5, 5.41) is 0. The second-order valence-corrected chi connectivity index (χ2v) is 6.54. The maximum atomic E-state index is 12.1. The van der Waals surface area contributed by atoms with Gasteiger partial charge < -0.3 is 9.47 Å². The van der Waals surface area contributed by atoms with Gasteiger partial charge in [0.2, 0.25) is 0 Å². The normalized spacial score (nSPS) is 10.2. The Kier molecular flexibility index (Phi) is 5.68. The molecule has 0 aliphatic rings. The van der Waals surface area contributed by atoms with E-state index in [9.17, 15) is 14.4 Å². The minimum absolute atomic E-state index is 0.0200. The first-order chi connectivity index (χ1) is 8.82. The van der Waals surface area contributed by atoms with Crippen molar-refractivity contribution in [3.05, 3.63) is 23.8 Å². The zero-order valence-corrected chi connectivity index (χ0v) is 13.3. The molecule has 0 N–H and O–H groups in total. The first kappa shape index (κ1) is 15.8. The van der Waals surface area contributed by atoms with Gasteiger partial charge in [0.15, 0.2) is 5.78 Å². The molecule has 7 heteroatoms. The molecule has 0 saturated heterocycles. The number of ketones is 1. The van der Waals surface area contributed by atoms with Crippen LogP contribution in [0.4, 0.5) is 0 Å². The number of carbonyl (C=O) groups excluding carboxylic acids is 3. The van der Waals surface area contributed by atoms with Crippen LogP contribution < -0.4 is 9.47 Å². The van der Waals surface area contributed by atoms with Gasteiger partial charge in [0.05, 0.1) is 0 Å². The largest absolute Gasteiger partial charge is 0.426 e. The number of rotatable bonds is 4. The van der Waals surface area contributed by atoms with Crippen LogP contribution in [0.15, 0.2) is 18.2 Å². The van der Waals surface area contributed by atoms with Gasteiger partial charge in [-0.3, -0.25) is 14.4 Å². The van der Waals surface area contributed by atoms with Gasteiger partial charge in [-0.05, 0) is 12.1 Å². The average molecular weight is 394 g/mol. The molecular formula is C12H10Br2O5. The van der Waals surface area contributed by atoms with Crippen molar-refractivity contribution in [2.75, 3.05) is 0 Å². The van der Waals surface area contributed by atoms with E-state index >= 15 is 0 Å². The van der Waals surface area contributed by atoms with E-state index in [4.69, 9.17) is 9.47 Å². The van der Waals surface area contributed by atoms with Crippen LogP contribution >= 0.6 is 31.9 Å². The molecule has 0 aliphatic heterocycles. The van der Waals surface area contributed by atoms with Crippen molar-refractivity contribution in [2.24, 2.45) is 0 Å². The summed E-state index contributed by atoms with van der Waals surface area (Å²) >= 11 is 6.13. The van der Waals surface area contributed by atoms with Crippen LogP contribution in [0.25, 0.3) is 0 Å². The molecule has 0 aliphatic carbocycles. The highest BCUT2D eigenvalue weighted by Crippen LogP contribution is 2.32. The summed E-state index contributed by atoms with van der Waals surface area (Å²) in [5.74, 6) is -1.49. The van der Waals surface area contributed by atoms with E-state index in [2.05, 4.69) is 31.9 Å². The van der Waals surface area contributed by atoms with Crippen molar-refractivity contribution >= 4 is 49.6 Å². The second-order valence-electron chi connectivity index (χ2n) is 3.48. The number of hydrogen-bond acceptors (Lipinski definition) is 5. The smallest absolute Gasteiger partial charge is 0.308 e. The highest BCUT2D eigenvalue weighted by Gasteiger charge is 2.24. The Balaban J connectivity index is 3.35. The molecule has 0 spiro atoms. The third-order valence-corrected chi connectivity index (χ3v) is 2.77. The highest BCUT2D eigenvalue weighted by atomic mass is 79.9. The molecule has 1 rings (SSSR count). The van der Waals surface area contributed by atoms with Gasteiger partial charge in [-0.2, -0.15) is 0 Å². The molecule has 0 fully saturated rings. The number of esters is 2. The van der Waals surface area contributed by atoms with Crippen LogP contribution in [0.1, 0.15) is 24.2 Å². The lowest BCUT2D eigenvalue weighted by Crippen LogP contribution is -2.15. The van der Waals surface area contributed by atoms with Crippen molar-refractivity contribution in [3.8, 4) is 11.5 Å². The summed E-state index contributed by atoms with van der Waals surface area (Å²) in [6.07, 6.45) is 0. The quantitative estimate of drug-likeness (QED) is 0.340. The van der Waals surface area contributed by atoms with E-state index in [1.165, 1.54) is 32.0 Å². The molecule has 19 heavy (non-hydrogen) atoms. The van der Waals surface area contributed by atoms with Gasteiger partial charge in [-0.15, -0.1) is 0 Å². The van der Waals surface area contributed by atoms with Crippen molar-refractivity contribution in [1.29, 1.82) is 0 Å². The monoisotopic (exact) mass is 392 g/mol. The van der Waals surface area contributed by atoms with E-state index in [-0.39, 0.29) is 17.1 Å².